The molecular formula is C21H25NO5. The van der Waals surface area contributed by atoms with Crippen LogP contribution in [0.4, 0.5) is 0 Å². The lowest BCUT2D eigenvalue weighted by molar-refractivity contribution is 0.0465. The number of hydrogen-bond acceptors (Lipinski definition) is 5. The molecule has 0 atom stereocenters. The first-order valence-corrected chi connectivity index (χ1v) is 9.33. The number of aromatic nitrogens is 1. The molecule has 1 aliphatic rings. The molecule has 3 rings (SSSR count). The summed E-state index contributed by atoms with van der Waals surface area (Å²) in [5.74, 6) is 0.603. The molecule has 2 aromatic rings. The quantitative estimate of drug-likeness (QED) is 0.729. The van der Waals surface area contributed by atoms with Gasteiger partial charge < -0.3 is 18.8 Å². The van der Waals surface area contributed by atoms with E-state index < -0.39 is 5.97 Å². The topological polar surface area (TPSA) is 66.8 Å². The number of pyridine rings is 1. The summed E-state index contributed by atoms with van der Waals surface area (Å²) in [7, 11) is 1.60. The summed E-state index contributed by atoms with van der Waals surface area (Å²) >= 11 is 0. The van der Waals surface area contributed by atoms with Crippen molar-refractivity contribution in [2.75, 3.05) is 13.7 Å². The molecule has 1 aromatic carbocycles. The van der Waals surface area contributed by atoms with Crippen LogP contribution >= 0.6 is 0 Å². The second-order valence-corrected chi connectivity index (χ2v) is 6.49. The van der Waals surface area contributed by atoms with Gasteiger partial charge in [-0.3, -0.25) is 4.79 Å². The molecule has 0 amide bonds. The number of esters is 1. The predicted molar refractivity (Wildman–Crippen MR) is 102 cm³/mol. The van der Waals surface area contributed by atoms with Gasteiger partial charge in [0.25, 0.3) is 5.56 Å². The number of rotatable bonds is 6. The van der Waals surface area contributed by atoms with E-state index in [1.165, 1.54) is 6.07 Å². The molecule has 0 saturated carbocycles. The van der Waals surface area contributed by atoms with Gasteiger partial charge in [0.2, 0.25) is 0 Å². The van der Waals surface area contributed by atoms with E-state index in [1.54, 1.807) is 11.7 Å². The van der Waals surface area contributed by atoms with Crippen molar-refractivity contribution >= 4 is 5.97 Å². The molecule has 6 nitrogen and oxygen atoms in total. The predicted octanol–water partition coefficient (Wildman–Crippen LogP) is 3.34. The summed E-state index contributed by atoms with van der Waals surface area (Å²) < 4.78 is 18.0. The molecule has 0 spiro atoms. The fraction of sp³-hybridized carbons (Fsp3) is 0.429. The van der Waals surface area contributed by atoms with Gasteiger partial charge in [-0.1, -0.05) is 18.6 Å². The van der Waals surface area contributed by atoms with Crippen LogP contribution in [0, 0.1) is 0 Å². The number of ether oxygens (including phenoxy) is 3. The molecule has 27 heavy (non-hydrogen) atoms. The SMILES string of the molecule is CCOc1cc(=O)n2c(c1C(=O)OCc1ccc(OC)cc1)CCCCC2. The van der Waals surface area contributed by atoms with Crippen molar-refractivity contribution in [1.82, 2.24) is 4.57 Å². The first-order chi connectivity index (χ1) is 13.1. The van der Waals surface area contributed by atoms with E-state index in [0.29, 0.717) is 30.9 Å². The normalized spacial score (nSPS) is 13.4. The summed E-state index contributed by atoms with van der Waals surface area (Å²) in [4.78, 5) is 25.3. The molecule has 0 aliphatic carbocycles. The van der Waals surface area contributed by atoms with Crippen LogP contribution in [0.5, 0.6) is 11.5 Å². The Morgan fingerprint density at radius 1 is 1.15 bits per heavy atom. The summed E-state index contributed by atoms with van der Waals surface area (Å²) in [6.45, 7) is 2.98. The van der Waals surface area contributed by atoms with Crippen LogP contribution in [0.3, 0.4) is 0 Å². The van der Waals surface area contributed by atoms with Gasteiger partial charge in [0.1, 0.15) is 23.7 Å². The summed E-state index contributed by atoms with van der Waals surface area (Å²) in [6.07, 6.45) is 3.57. The molecule has 1 aliphatic heterocycles. The van der Waals surface area contributed by atoms with Crippen molar-refractivity contribution in [3.8, 4) is 11.5 Å². The van der Waals surface area contributed by atoms with Crippen molar-refractivity contribution in [3.05, 3.63) is 57.5 Å². The Kier molecular flexibility index (Phi) is 6.16. The van der Waals surface area contributed by atoms with Crippen LogP contribution < -0.4 is 15.0 Å². The van der Waals surface area contributed by atoms with Crippen molar-refractivity contribution in [3.63, 3.8) is 0 Å². The van der Waals surface area contributed by atoms with Gasteiger partial charge in [-0.2, -0.15) is 0 Å². The number of benzene rings is 1. The van der Waals surface area contributed by atoms with Gasteiger partial charge in [-0.25, -0.2) is 4.79 Å². The molecule has 0 N–H and O–H groups in total. The van der Waals surface area contributed by atoms with Crippen LogP contribution in [0.15, 0.2) is 35.1 Å². The molecule has 0 bridgehead atoms. The lowest BCUT2D eigenvalue weighted by Crippen LogP contribution is -2.26. The second-order valence-electron chi connectivity index (χ2n) is 6.49. The third-order valence-electron chi connectivity index (χ3n) is 4.71. The molecule has 0 radical (unpaired) electrons. The molecule has 1 aromatic heterocycles. The molecule has 6 heteroatoms. The highest BCUT2D eigenvalue weighted by molar-refractivity contribution is 5.93. The number of fused-ring (bicyclic) bond motifs is 1. The van der Waals surface area contributed by atoms with Crippen LogP contribution in [0.25, 0.3) is 0 Å². The molecule has 0 saturated heterocycles. The lowest BCUT2D eigenvalue weighted by Gasteiger charge is -2.17. The Hall–Kier alpha value is -2.76. The summed E-state index contributed by atoms with van der Waals surface area (Å²) in [5.41, 5.74) is 1.85. The van der Waals surface area contributed by atoms with Gasteiger partial charge in [0, 0.05) is 18.3 Å². The maximum absolute atomic E-state index is 12.9. The average Bonchev–Trinajstić information content (AvgIpc) is 2.93. The first-order valence-electron chi connectivity index (χ1n) is 9.33. The van der Waals surface area contributed by atoms with Crippen LogP contribution in [-0.2, 0) is 24.3 Å². The monoisotopic (exact) mass is 371 g/mol. The molecule has 0 fully saturated rings. The number of nitrogens with zero attached hydrogens (tertiary/aromatic N) is 1. The van der Waals surface area contributed by atoms with Crippen molar-refractivity contribution in [2.45, 2.75) is 45.8 Å². The van der Waals surface area contributed by atoms with Gasteiger partial charge in [-0.05, 0) is 43.9 Å². The third kappa shape index (κ3) is 4.32. The third-order valence-corrected chi connectivity index (χ3v) is 4.71. The second kappa shape index (κ2) is 8.75. The van der Waals surface area contributed by atoms with E-state index >= 15 is 0 Å². The van der Waals surface area contributed by atoms with Crippen molar-refractivity contribution in [1.29, 1.82) is 0 Å². The highest BCUT2D eigenvalue weighted by Gasteiger charge is 2.25. The minimum atomic E-state index is -0.458. The number of methoxy groups -OCH3 is 1. The molecule has 144 valence electrons. The van der Waals surface area contributed by atoms with Crippen LogP contribution in [0.1, 0.15) is 47.8 Å². The number of carbonyl (C=O) groups is 1. The number of carbonyl (C=O) groups excluding carboxylic acids is 1. The van der Waals surface area contributed by atoms with E-state index in [1.807, 2.05) is 31.2 Å². The maximum atomic E-state index is 12.9. The minimum Gasteiger partial charge on any atom is -0.497 e. The Balaban J connectivity index is 1.88. The highest BCUT2D eigenvalue weighted by atomic mass is 16.5. The van der Waals surface area contributed by atoms with E-state index in [0.717, 1.165) is 36.3 Å². The lowest BCUT2D eigenvalue weighted by atomic mass is 10.1. The largest absolute Gasteiger partial charge is 0.497 e. The minimum absolute atomic E-state index is 0.123. The zero-order valence-corrected chi connectivity index (χ0v) is 15.8. The smallest absolute Gasteiger partial charge is 0.344 e. The van der Waals surface area contributed by atoms with E-state index in [9.17, 15) is 9.59 Å². The molecule has 0 unspecified atom stereocenters. The van der Waals surface area contributed by atoms with Crippen LogP contribution in [0.2, 0.25) is 0 Å². The average molecular weight is 371 g/mol. The fourth-order valence-electron chi connectivity index (χ4n) is 3.35. The van der Waals surface area contributed by atoms with Crippen molar-refractivity contribution in [2.24, 2.45) is 0 Å². The maximum Gasteiger partial charge on any atom is 0.344 e. The zero-order valence-electron chi connectivity index (χ0n) is 15.8. The Labute approximate surface area is 158 Å². The highest BCUT2D eigenvalue weighted by Crippen LogP contribution is 2.26. The van der Waals surface area contributed by atoms with Gasteiger partial charge in [-0.15, -0.1) is 0 Å². The Morgan fingerprint density at radius 3 is 2.63 bits per heavy atom. The van der Waals surface area contributed by atoms with E-state index in [-0.39, 0.29) is 12.2 Å². The Morgan fingerprint density at radius 2 is 1.93 bits per heavy atom. The fourth-order valence-corrected chi connectivity index (χ4v) is 3.35. The van der Waals surface area contributed by atoms with Gasteiger partial charge in [0.05, 0.1) is 13.7 Å². The van der Waals surface area contributed by atoms with Gasteiger partial charge >= 0.3 is 5.97 Å². The van der Waals surface area contributed by atoms with E-state index in [4.69, 9.17) is 14.2 Å². The zero-order chi connectivity index (χ0) is 19.2. The van der Waals surface area contributed by atoms with Crippen molar-refractivity contribution < 1.29 is 19.0 Å². The Bertz CT molecular complexity index is 854. The first kappa shape index (κ1) is 19.0. The number of hydrogen-bond donors (Lipinski definition) is 0. The summed E-state index contributed by atoms with van der Waals surface area (Å²) in [5, 5.41) is 0. The van der Waals surface area contributed by atoms with Crippen LogP contribution in [-0.4, -0.2) is 24.3 Å². The molecular weight excluding hydrogens is 346 g/mol. The summed E-state index contributed by atoms with van der Waals surface area (Å²) in [6, 6.07) is 8.76. The molecule has 2 heterocycles. The standard InChI is InChI=1S/C21H25NO5/c1-3-26-18-13-19(23)22-12-6-4-5-7-17(22)20(18)21(24)27-14-15-8-10-16(25-2)11-9-15/h8-11,13H,3-7,12,14H2,1-2H3. The van der Waals surface area contributed by atoms with E-state index in [2.05, 4.69) is 0 Å². The van der Waals surface area contributed by atoms with Gasteiger partial charge in [0.15, 0.2) is 0 Å².